The number of anilines is 2. The average Bonchev–Trinajstić information content (AvgIpc) is 3.39. The second-order valence-electron chi connectivity index (χ2n) is 7.75. The van der Waals surface area contributed by atoms with Gasteiger partial charge in [-0.3, -0.25) is 4.90 Å². The van der Waals surface area contributed by atoms with Crippen molar-refractivity contribution in [1.82, 2.24) is 19.4 Å². The summed E-state index contributed by atoms with van der Waals surface area (Å²) in [5.74, 6) is 0.798. The molecule has 1 aliphatic heterocycles. The first-order valence-electron chi connectivity index (χ1n) is 10.1. The second-order valence-corrected chi connectivity index (χ2v) is 7.75. The number of nitriles is 1. The van der Waals surface area contributed by atoms with Gasteiger partial charge in [0.2, 0.25) is 0 Å². The van der Waals surface area contributed by atoms with Crippen LogP contribution in [0.4, 0.5) is 11.5 Å². The summed E-state index contributed by atoms with van der Waals surface area (Å²) in [4.78, 5) is 11.5. The Morgan fingerprint density at radius 1 is 1.21 bits per heavy atom. The van der Waals surface area contributed by atoms with Gasteiger partial charge in [-0.15, -0.1) is 0 Å². The third kappa shape index (κ3) is 4.30. The molecule has 6 heteroatoms. The Balaban J connectivity index is 1.50. The van der Waals surface area contributed by atoms with E-state index in [1.807, 2.05) is 18.2 Å². The van der Waals surface area contributed by atoms with Crippen LogP contribution in [0.1, 0.15) is 55.9 Å². The number of hydrogen-bond acceptors (Lipinski definition) is 5. The van der Waals surface area contributed by atoms with Crippen molar-refractivity contribution in [2.24, 2.45) is 0 Å². The van der Waals surface area contributed by atoms with Crippen LogP contribution in [-0.4, -0.2) is 26.0 Å². The van der Waals surface area contributed by atoms with Crippen molar-refractivity contribution >= 4 is 11.5 Å². The highest BCUT2D eigenvalue weighted by molar-refractivity contribution is 5.55. The number of aromatic nitrogens is 3. The normalized spacial score (nSPS) is 16.8. The molecule has 1 atom stereocenters. The van der Waals surface area contributed by atoms with E-state index in [0.29, 0.717) is 17.8 Å². The topological polar surface area (TPSA) is 69.8 Å². The SMILES string of the molecule is CC(C)n1cccc1CN1CCC[C@H]1c1cccc(Nc2ccc(C#N)nc2)n1. The molecule has 0 aliphatic carbocycles. The molecule has 3 aromatic rings. The zero-order valence-electron chi connectivity index (χ0n) is 16.9. The summed E-state index contributed by atoms with van der Waals surface area (Å²) < 4.78 is 2.35. The minimum absolute atomic E-state index is 0.325. The number of likely N-dealkylation sites (tertiary alicyclic amines) is 1. The van der Waals surface area contributed by atoms with Crippen LogP contribution >= 0.6 is 0 Å². The zero-order chi connectivity index (χ0) is 20.2. The maximum absolute atomic E-state index is 8.89. The lowest BCUT2D eigenvalue weighted by Gasteiger charge is -2.26. The lowest BCUT2D eigenvalue weighted by molar-refractivity contribution is 0.237. The molecule has 6 nitrogen and oxygen atoms in total. The summed E-state index contributed by atoms with van der Waals surface area (Å²) in [6.07, 6.45) is 6.14. The molecule has 29 heavy (non-hydrogen) atoms. The largest absolute Gasteiger partial charge is 0.348 e. The fourth-order valence-electron chi connectivity index (χ4n) is 4.01. The predicted molar refractivity (Wildman–Crippen MR) is 114 cm³/mol. The van der Waals surface area contributed by atoms with Gasteiger partial charge >= 0.3 is 0 Å². The molecule has 3 aromatic heterocycles. The molecule has 0 unspecified atom stereocenters. The van der Waals surface area contributed by atoms with E-state index in [-0.39, 0.29) is 0 Å². The molecule has 0 amide bonds. The molecule has 4 rings (SSSR count). The van der Waals surface area contributed by atoms with Crippen LogP contribution in [0.15, 0.2) is 54.9 Å². The summed E-state index contributed by atoms with van der Waals surface area (Å²) in [6.45, 7) is 6.47. The second kappa shape index (κ2) is 8.46. The lowest BCUT2D eigenvalue weighted by Crippen LogP contribution is -2.25. The first-order chi connectivity index (χ1) is 14.1. The van der Waals surface area contributed by atoms with Crippen LogP contribution in [0.2, 0.25) is 0 Å². The minimum atomic E-state index is 0.325. The molecule has 0 saturated carbocycles. The standard InChI is InChI=1S/C23H26N6/c1-17(2)29-13-4-6-20(29)16-28-12-5-8-22(28)21-7-3-9-23(27-21)26-19-11-10-18(14-24)25-15-19/h3-4,6-7,9-11,13,15,17,22H,5,8,12,16H2,1-2H3,(H,26,27)/t22-/m0/s1. The Labute approximate surface area is 171 Å². The monoisotopic (exact) mass is 386 g/mol. The molecule has 0 aromatic carbocycles. The molecule has 0 bridgehead atoms. The van der Waals surface area contributed by atoms with Gasteiger partial charge in [-0.2, -0.15) is 5.26 Å². The van der Waals surface area contributed by atoms with E-state index in [1.54, 1.807) is 12.3 Å². The van der Waals surface area contributed by atoms with Crippen molar-refractivity contribution in [1.29, 1.82) is 5.26 Å². The Hall–Kier alpha value is -3.17. The predicted octanol–water partition coefficient (Wildman–Crippen LogP) is 4.81. The lowest BCUT2D eigenvalue weighted by atomic mass is 10.1. The van der Waals surface area contributed by atoms with Gasteiger partial charge in [-0.1, -0.05) is 6.07 Å². The van der Waals surface area contributed by atoms with Crippen LogP contribution in [0.5, 0.6) is 0 Å². The van der Waals surface area contributed by atoms with Gasteiger partial charge in [0.25, 0.3) is 0 Å². The molecule has 1 fully saturated rings. The maximum atomic E-state index is 8.89. The Morgan fingerprint density at radius 2 is 2.10 bits per heavy atom. The van der Waals surface area contributed by atoms with Gasteiger partial charge in [0.05, 0.1) is 23.6 Å². The molecular formula is C23H26N6. The highest BCUT2D eigenvalue weighted by atomic mass is 15.2. The summed E-state index contributed by atoms with van der Waals surface area (Å²) in [5, 5.41) is 12.2. The third-order valence-corrected chi connectivity index (χ3v) is 5.41. The average molecular weight is 387 g/mol. The third-order valence-electron chi connectivity index (χ3n) is 5.41. The van der Waals surface area contributed by atoms with E-state index in [1.165, 1.54) is 12.1 Å². The summed E-state index contributed by atoms with van der Waals surface area (Å²) in [5.41, 5.74) is 3.68. The highest BCUT2D eigenvalue weighted by Crippen LogP contribution is 2.33. The molecule has 0 spiro atoms. The van der Waals surface area contributed by atoms with Gasteiger partial charge in [-0.25, -0.2) is 9.97 Å². The smallest absolute Gasteiger partial charge is 0.140 e. The van der Waals surface area contributed by atoms with E-state index in [2.05, 4.69) is 64.1 Å². The fourth-order valence-corrected chi connectivity index (χ4v) is 4.01. The van der Waals surface area contributed by atoms with Gasteiger partial charge in [-0.05, 0) is 69.6 Å². The Morgan fingerprint density at radius 3 is 2.86 bits per heavy atom. The number of nitrogens with one attached hydrogen (secondary N) is 1. The molecule has 4 heterocycles. The van der Waals surface area contributed by atoms with Crippen molar-refractivity contribution in [2.45, 2.75) is 45.3 Å². The van der Waals surface area contributed by atoms with E-state index < -0.39 is 0 Å². The van der Waals surface area contributed by atoms with Crippen LogP contribution in [0, 0.1) is 11.3 Å². The van der Waals surface area contributed by atoms with E-state index in [0.717, 1.165) is 36.7 Å². The molecule has 0 radical (unpaired) electrons. The van der Waals surface area contributed by atoms with E-state index in [4.69, 9.17) is 10.2 Å². The van der Waals surface area contributed by atoms with Crippen LogP contribution < -0.4 is 5.32 Å². The summed E-state index contributed by atoms with van der Waals surface area (Å²) >= 11 is 0. The van der Waals surface area contributed by atoms with Gasteiger partial charge < -0.3 is 9.88 Å². The van der Waals surface area contributed by atoms with E-state index in [9.17, 15) is 0 Å². The van der Waals surface area contributed by atoms with E-state index >= 15 is 0 Å². The molecular weight excluding hydrogens is 360 g/mol. The molecule has 148 valence electrons. The summed E-state index contributed by atoms with van der Waals surface area (Å²) in [6, 6.07) is 16.9. The van der Waals surface area contributed by atoms with Crippen LogP contribution in [-0.2, 0) is 6.54 Å². The Kier molecular flexibility index (Phi) is 5.59. The number of hydrogen-bond donors (Lipinski definition) is 1. The van der Waals surface area contributed by atoms with Crippen molar-refractivity contribution < 1.29 is 0 Å². The highest BCUT2D eigenvalue weighted by Gasteiger charge is 2.28. The van der Waals surface area contributed by atoms with Crippen molar-refractivity contribution in [3.8, 4) is 6.07 Å². The van der Waals surface area contributed by atoms with Gasteiger partial charge in [0.1, 0.15) is 17.6 Å². The molecule has 1 N–H and O–H groups in total. The van der Waals surface area contributed by atoms with Gasteiger partial charge in [0, 0.05) is 24.5 Å². The van der Waals surface area contributed by atoms with Crippen LogP contribution in [0.25, 0.3) is 0 Å². The zero-order valence-corrected chi connectivity index (χ0v) is 16.9. The maximum Gasteiger partial charge on any atom is 0.140 e. The van der Waals surface area contributed by atoms with Crippen molar-refractivity contribution in [2.75, 3.05) is 11.9 Å². The quantitative estimate of drug-likeness (QED) is 0.658. The Bertz CT molecular complexity index is 999. The van der Waals surface area contributed by atoms with Gasteiger partial charge in [0.15, 0.2) is 0 Å². The fraction of sp³-hybridized carbons (Fsp3) is 0.348. The first kappa shape index (κ1) is 19.2. The first-order valence-corrected chi connectivity index (χ1v) is 10.1. The molecule has 1 aliphatic rings. The van der Waals surface area contributed by atoms with Crippen LogP contribution in [0.3, 0.4) is 0 Å². The van der Waals surface area contributed by atoms with Crippen molar-refractivity contribution in [3.05, 3.63) is 71.9 Å². The number of rotatable bonds is 6. The molecule has 1 saturated heterocycles. The minimum Gasteiger partial charge on any atom is -0.348 e. The summed E-state index contributed by atoms with van der Waals surface area (Å²) in [7, 11) is 0. The van der Waals surface area contributed by atoms with Crippen molar-refractivity contribution in [3.63, 3.8) is 0 Å². The number of pyridine rings is 2. The number of nitrogens with zero attached hydrogens (tertiary/aromatic N) is 5.